The molecule has 0 bridgehead atoms. The molecule has 0 spiro atoms. The summed E-state index contributed by atoms with van der Waals surface area (Å²) >= 11 is 0. The molecule has 3 atom stereocenters. The van der Waals surface area contributed by atoms with E-state index >= 15 is 0 Å². The van der Waals surface area contributed by atoms with Gasteiger partial charge in [0.1, 0.15) is 12.1 Å². The monoisotopic (exact) mass is 201 g/mol. The zero-order chi connectivity index (χ0) is 10.7. The summed E-state index contributed by atoms with van der Waals surface area (Å²) in [4.78, 5) is 11.5. The molecule has 1 unspecified atom stereocenters. The molecule has 4 heteroatoms. The Kier molecular flexibility index (Phi) is 3.89. The van der Waals surface area contributed by atoms with Gasteiger partial charge in [-0.1, -0.05) is 13.8 Å². The lowest BCUT2D eigenvalue weighted by molar-refractivity contribution is -0.152. The third kappa shape index (κ3) is 2.96. The van der Waals surface area contributed by atoms with Gasteiger partial charge in [-0.3, -0.25) is 4.79 Å². The Morgan fingerprint density at radius 3 is 2.57 bits per heavy atom. The van der Waals surface area contributed by atoms with Crippen LogP contribution >= 0.6 is 0 Å². The smallest absolute Gasteiger partial charge is 0.323 e. The van der Waals surface area contributed by atoms with Gasteiger partial charge in [0.05, 0.1) is 6.10 Å². The van der Waals surface area contributed by atoms with E-state index in [4.69, 9.17) is 4.74 Å². The molecule has 0 aliphatic carbocycles. The fraction of sp³-hybridized carbons (Fsp3) is 0.900. The molecular weight excluding hydrogens is 182 g/mol. The number of carbonyl (C=O) groups excluding carboxylic acids is 1. The van der Waals surface area contributed by atoms with Crippen LogP contribution in [0.2, 0.25) is 0 Å². The number of β-amino-alcohol motifs (C(OH)–C–C–N with tert-alkyl or cyclic N) is 1. The molecule has 1 aliphatic heterocycles. The number of carbonyl (C=O) groups is 1. The van der Waals surface area contributed by atoms with Crippen molar-refractivity contribution in [2.75, 3.05) is 6.54 Å². The number of aliphatic hydroxyl groups excluding tert-OH is 1. The molecule has 0 radical (unpaired) electrons. The molecule has 82 valence electrons. The molecule has 1 fully saturated rings. The highest BCUT2D eigenvalue weighted by atomic mass is 16.5. The average Bonchev–Trinajstić information content (AvgIpc) is 2.51. The molecule has 0 aromatic rings. The van der Waals surface area contributed by atoms with Crippen LogP contribution in [0.5, 0.6) is 0 Å². The highest BCUT2D eigenvalue weighted by Gasteiger charge is 2.30. The fourth-order valence-electron chi connectivity index (χ4n) is 1.30. The van der Waals surface area contributed by atoms with E-state index in [1.165, 1.54) is 0 Å². The van der Waals surface area contributed by atoms with Gasteiger partial charge in [-0.15, -0.1) is 0 Å². The summed E-state index contributed by atoms with van der Waals surface area (Å²) in [5.74, 6) is 0.0769. The van der Waals surface area contributed by atoms with E-state index in [2.05, 4.69) is 5.32 Å². The maximum atomic E-state index is 11.5. The average molecular weight is 201 g/mol. The first-order valence-corrected chi connectivity index (χ1v) is 5.12. The molecule has 4 nitrogen and oxygen atoms in total. The Morgan fingerprint density at radius 2 is 2.14 bits per heavy atom. The van der Waals surface area contributed by atoms with Gasteiger partial charge in [0, 0.05) is 13.0 Å². The SMILES string of the molecule is CC(C)C(C)OC(=O)[C@H]1C[C@@H](O)CN1. The molecule has 1 saturated heterocycles. The number of hydrogen-bond acceptors (Lipinski definition) is 4. The van der Waals surface area contributed by atoms with Crippen molar-refractivity contribution >= 4 is 5.97 Å². The van der Waals surface area contributed by atoms with Crippen molar-refractivity contribution in [1.29, 1.82) is 0 Å². The van der Waals surface area contributed by atoms with Gasteiger partial charge in [0.25, 0.3) is 0 Å². The lowest BCUT2D eigenvalue weighted by Gasteiger charge is -2.19. The van der Waals surface area contributed by atoms with Crippen molar-refractivity contribution in [2.24, 2.45) is 5.92 Å². The van der Waals surface area contributed by atoms with Crippen molar-refractivity contribution in [3.05, 3.63) is 0 Å². The minimum Gasteiger partial charge on any atom is -0.461 e. The number of hydrogen-bond donors (Lipinski definition) is 2. The summed E-state index contributed by atoms with van der Waals surface area (Å²) in [6.07, 6.45) is -0.0205. The lowest BCUT2D eigenvalue weighted by Crippen LogP contribution is -2.35. The van der Waals surface area contributed by atoms with Gasteiger partial charge in [0.15, 0.2) is 0 Å². The van der Waals surface area contributed by atoms with Gasteiger partial charge in [0.2, 0.25) is 0 Å². The summed E-state index contributed by atoms with van der Waals surface area (Å²) in [6, 6.07) is -0.328. The van der Waals surface area contributed by atoms with Crippen LogP contribution in [0.25, 0.3) is 0 Å². The third-order valence-corrected chi connectivity index (χ3v) is 2.63. The Labute approximate surface area is 84.6 Å². The number of aliphatic hydroxyl groups is 1. The minimum absolute atomic E-state index is 0.0676. The van der Waals surface area contributed by atoms with Crippen molar-refractivity contribution in [2.45, 2.75) is 45.4 Å². The first kappa shape index (κ1) is 11.5. The normalized spacial score (nSPS) is 29.2. The fourth-order valence-corrected chi connectivity index (χ4v) is 1.30. The van der Waals surface area contributed by atoms with Crippen LogP contribution in [0, 0.1) is 5.92 Å². The van der Waals surface area contributed by atoms with Crippen LogP contribution in [0.4, 0.5) is 0 Å². The summed E-state index contributed by atoms with van der Waals surface area (Å²) < 4.78 is 5.23. The Hall–Kier alpha value is -0.610. The predicted molar refractivity (Wildman–Crippen MR) is 52.8 cm³/mol. The summed E-state index contributed by atoms with van der Waals surface area (Å²) in [5, 5.41) is 12.1. The molecule has 2 N–H and O–H groups in total. The number of nitrogens with one attached hydrogen (secondary N) is 1. The van der Waals surface area contributed by atoms with Crippen LogP contribution in [0.3, 0.4) is 0 Å². The predicted octanol–water partition coefficient (Wildman–Crippen LogP) is 0.297. The van der Waals surface area contributed by atoms with Crippen LogP contribution in [-0.4, -0.2) is 35.9 Å². The van der Waals surface area contributed by atoms with Gasteiger partial charge >= 0.3 is 5.97 Å². The number of rotatable bonds is 3. The van der Waals surface area contributed by atoms with E-state index in [1.54, 1.807) is 0 Å². The molecule has 0 aromatic carbocycles. The van der Waals surface area contributed by atoms with Crippen molar-refractivity contribution in [3.63, 3.8) is 0 Å². The van der Waals surface area contributed by atoms with Crippen LogP contribution in [0.15, 0.2) is 0 Å². The Balaban J connectivity index is 2.35. The molecule has 0 aromatic heterocycles. The first-order valence-electron chi connectivity index (χ1n) is 5.12. The van der Waals surface area contributed by atoms with E-state index in [0.29, 0.717) is 18.9 Å². The zero-order valence-electron chi connectivity index (χ0n) is 8.99. The topological polar surface area (TPSA) is 58.6 Å². The molecule has 1 aliphatic rings. The Morgan fingerprint density at radius 1 is 1.50 bits per heavy atom. The first-order chi connectivity index (χ1) is 6.50. The number of esters is 1. The maximum Gasteiger partial charge on any atom is 0.323 e. The van der Waals surface area contributed by atoms with E-state index < -0.39 is 6.10 Å². The van der Waals surface area contributed by atoms with Crippen molar-refractivity contribution in [1.82, 2.24) is 5.32 Å². The van der Waals surface area contributed by atoms with Gasteiger partial charge in [-0.05, 0) is 12.8 Å². The maximum absolute atomic E-state index is 11.5. The van der Waals surface area contributed by atoms with Gasteiger partial charge < -0.3 is 15.2 Å². The van der Waals surface area contributed by atoms with E-state index in [-0.39, 0.29) is 18.1 Å². The lowest BCUT2D eigenvalue weighted by atomic mass is 10.1. The summed E-state index contributed by atoms with van der Waals surface area (Å²) in [5.41, 5.74) is 0. The highest BCUT2D eigenvalue weighted by molar-refractivity contribution is 5.76. The molecule has 14 heavy (non-hydrogen) atoms. The molecule has 0 saturated carbocycles. The molecule has 1 heterocycles. The zero-order valence-corrected chi connectivity index (χ0v) is 8.99. The van der Waals surface area contributed by atoms with Gasteiger partial charge in [-0.2, -0.15) is 0 Å². The summed E-state index contributed by atoms with van der Waals surface area (Å²) in [7, 11) is 0. The molecular formula is C10H19NO3. The van der Waals surface area contributed by atoms with Crippen LogP contribution in [0.1, 0.15) is 27.2 Å². The molecule has 0 amide bonds. The largest absolute Gasteiger partial charge is 0.461 e. The second-order valence-corrected chi connectivity index (χ2v) is 4.24. The van der Waals surface area contributed by atoms with E-state index in [9.17, 15) is 9.90 Å². The van der Waals surface area contributed by atoms with Crippen LogP contribution < -0.4 is 5.32 Å². The standard InChI is InChI=1S/C10H19NO3/c1-6(2)7(3)14-10(13)9-4-8(12)5-11-9/h6-9,11-12H,4-5H2,1-3H3/t7?,8-,9-/m1/s1. The second-order valence-electron chi connectivity index (χ2n) is 4.24. The number of ether oxygens (including phenoxy) is 1. The molecule has 1 rings (SSSR count). The van der Waals surface area contributed by atoms with Gasteiger partial charge in [-0.25, -0.2) is 0 Å². The highest BCUT2D eigenvalue weighted by Crippen LogP contribution is 2.12. The second kappa shape index (κ2) is 4.75. The van der Waals surface area contributed by atoms with E-state index in [1.807, 2.05) is 20.8 Å². The minimum atomic E-state index is -0.415. The van der Waals surface area contributed by atoms with Crippen LogP contribution in [-0.2, 0) is 9.53 Å². The quantitative estimate of drug-likeness (QED) is 0.645. The Bertz CT molecular complexity index is 206. The van der Waals surface area contributed by atoms with Crippen molar-refractivity contribution in [3.8, 4) is 0 Å². The van der Waals surface area contributed by atoms with E-state index in [0.717, 1.165) is 0 Å². The summed E-state index contributed by atoms with van der Waals surface area (Å²) in [6.45, 7) is 6.38. The third-order valence-electron chi connectivity index (χ3n) is 2.63. The van der Waals surface area contributed by atoms with Crippen molar-refractivity contribution < 1.29 is 14.6 Å².